The maximum absolute atomic E-state index is 10.3. The van der Waals surface area contributed by atoms with Crippen LogP contribution in [0.25, 0.3) is 0 Å². The summed E-state index contributed by atoms with van der Waals surface area (Å²) in [6.45, 7) is 2.55. The number of nitrogens with zero attached hydrogens (tertiary/aromatic N) is 2. The Morgan fingerprint density at radius 1 is 1.36 bits per heavy atom. The molecular formula is C16H20ClN3OS. The molecule has 1 atom stereocenters. The minimum absolute atomic E-state index is 0.438. The number of thiazole rings is 1. The van der Waals surface area contributed by atoms with Crippen molar-refractivity contribution in [2.45, 2.75) is 25.0 Å². The summed E-state index contributed by atoms with van der Waals surface area (Å²) in [6.07, 6.45) is 3.42. The van der Waals surface area contributed by atoms with Crippen LogP contribution in [0.2, 0.25) is 5.02 Å². The van der Waals surface area contributed by atoms with E-state index in [4.69, 9.17) is 11.6 Å². The van der Waals surface area contributed by atoms with Crippen LogP contribution in [0.5, 0.6) is 0 Å². The Kier molecular flexibility index (Phi) is 5.31. The third-order valence-electron chi connectivity index (χ3n) is 4.05. The molecule has 0 spiro atoms. The maximum Gasteiger partial charge on any atom is 0.185 e. The molecule has 1 aliphatic heterocycles. The Morgan fingerprint density at radius 2 is 2.14 bits per heavy atom. The standard InChI is InChI=1S/C16H20ClN3OS/c17-14-4-2-1-3-13(14)15(21)11-19-12-5-8-20(9-6-12)16-18-7-10-22-16/h1-4,7,10,12,15,19,21H,5-6,8-9,11H2. The van der Waals surface area contributed by atoms with Crippen LogP contribution in [0, 0.1) is 0 Å². The average Bonchev–Trinajstić information content (AvgIpc) is 3.08. The number of aliphatic hydroxyl groups excluding tert-OH is 1. The third kappa shape index (κ3) is 3.79. The van der Waals surface area contributed by atoms with Crippen molar-refractivity contribution in [2.24, 2.45) is 0 Å². The molecule has 0 bridgehead atoms. The lowest BCUT2D eigenvalue weighted by atomic mass is 10.0. The van der Waals surface area contributed by atoms with Gasteiger partial charge in [-0.2, -0.15) is 0 Å². The van der Waals surface area contributed by atoms with Gasteiger partial charge in [-0.25, -0.2) is 4.98 Å². The molecular weight excluding hydrogens is 318 g/mol. The van der Waals surface area contributed by atoms with E-state index < -0.39 is 6.10 Å². The molecule has 2 N–H and O–H groups in total. The summed E-state index contributed by atoms with van der Waals surface area (Å²) >= 11 is 7.80. The second-order valence-corrected chi connectivity index (χ2v) is 6.80. The molecule has 3 rings (SSSR count). The summed E-state index contributed by atoms with van der Waals surface area (Å²) < 4.78 is 0. The monoisotopic (exact) mass is 337 g/mol. The summed E-state index contributed by atoms with van der Waals surface area (Å²) in [4.78, 5) is 6.68. The van der Waals surface area contributed by atoms with Crippen LogP contribution in [0.1, 0.15) is 24.5 Å². The minimum Gasteiger partial charge on any atom is -0.387 e. The van der Waals surface area contributed by atoms with Gasteiger partial charge in [0.15, 0.2) is 5.13 Å². The predicted octanol–water partition coefficient (Wildman–Crippen LogP) is 3.09. The molecule has 6 heteroatoms. The predicted molar refractivity (Wildman–Crippen MR) is 91.8 cm³/mol. The van der Waals surface area contributed by atoms with E-state index >= 15 is 0 Å². The Bertz CT molecular complexity index is 585. The van der Waals surface area contributed by atoms with Crippen molar-refractivity contribution in [1.29, 1.82) is 0 Å². The summed E-state index contributed by atoms with van der Waals surface area (Å²) in [5, 5.41) is 17.5. The van der Waals surface area contributed by atoms with Crippen molar-refractivity contribution < 1.29 is 5.11 Å². The minimum atomic E-state index is -0.564. The number of anilines is 1. The third-order valence-corrected chi connectivity index (χ3v) is 5.23. The van der Waals surface area contributed by atoms with E-state index in [0.717, 1.165) is 36.6 Å². The number of halogens is 1. The van der Waals surface area contributed by atoms with Crippen LogP contribution >= 0.6 is 22.9 Å². The summed E-state index contributed by atoms with van der Waals surface area (Å²) in [5.41, 5.74) is 0.789. The number of nitrogens with one attached hydrogen (secondary N) is 1. The zero-order chi connectivity index (χ0) is 15.4. The topological polar surface area (TPSA) is 48.4 Å². The molecule has 1 aromatic heterocycles. The van der Waals surface area contributed by atoms with Gasteiger partial charge in [-0.15, -0.1) is 11.3 Å². The van der Waals surface area contributed by atoms with Gasteiger partial charge in [0.2, 0.25) is 0 Å². The first-order valence-corrected chi connectivity index (χ1v) is 8.80. The van der Waals surface area contributed by atoms with Crippen molar-refractivity contribution in [3.63, 3.8) is 0 Å². The second kappa shape index (κ2) is 7.42. The van der Waals surface area contributed by atoms with E-state index in [1.54, 1.807) is 11.3 Å². The lowest BCUT2D eigenvalue weighted by Crippen LogP contribution is -2.43. The van der Waals surface area contributed by atoms with E-state index in [9.17, 15) is 5.11 Å². The van der Waals surface area contributed by atoms with Crippen molar-refractivity contribution in [3.05, 3.63) is 46.4 Å². The first-order chi connectivity index (χ1) is 10.7. The van der Waals surface area contributed by atoms with Gasteiger partial charge in [0.1, 0.15) is 0 Å². The normalized spacial score (nSPS) is 17.6. The van der Waals surface area contributed by atoms with Crippen molar-refractivity contribution >= 4 is 28.1 Å². The van der Waals surface area contributed by atoms with Crippen LogP contribution in [0.3, 0.4) is 0 Å². The highest BCUT2D eigenvalue weighted by atomic mass is 35.5. The molecule has 1 fully saturated rings. The number of aliphatic hydroxyl groups is 1. The molecule has 1 aliphatic rings. The molecule has 0 saturated carbocycles. The van der Waals surface area contributed by atoms with Crippen LogP contribution < -0.4 is 10.2 Å². The number of aromatic nitrogens is 1. The second-order valence-electron chi connectivity index (χ2n) is 5.52. The Labute approximate surface area is 139 Å². The van der Waals surface area contributed by atoms with Crippen LogP contribution in [-0.4, -0.2) is 35.8 Å². The average molecular weight is 338 g/mol. The fraction of sp³-hybridized carbons (Fsp3) is 0.438. The molecule has 0 amide bonds. The maximum atomic E-state index is 10.3. The summed E-state index contributed by atoms with van der Waals surface area (Å²) in [5.74, 6) is 0. The van der Waals surface area contributed by atoms with Gasteiger partial charge in [-0.05, 0) is 18.9 Å². The zero-order valence-corrected chi connectivity index (χ0v) is 13.9. The Morgan fingerprint density at radius 3 is 2.82 bits per heavy atom. The van der Waals surface area contributed by atoms with E-state index in [1.807, 2.05) is 35.8 Å². The van der Waals surface area contributed by atoms with E-state index in [1.165, 1.54) is 0 Å². The molecule has 2 aromatic rings. The highest BCUT2D eigenvalue weighted by Crippen LogP contribution is 2.24. The first kappa shape index (κ1) is 15.7. The molecule has 1 unspecified atom stereocenters. The summed E-state index contributed by atoms with van der Waals surface area (Å²) in [6, 6.07) is 7.90. The van der Waals surface area contributed by atoms with Crippen molar-refractivity contribution in [1.82, 2.24) is 10.3 Å². The molecule has 118 valence electrons. The van der Waals surface area contributed by atoms with Crippen LogP contribution in [-0.2, 0) is 0 Å². The van der Waals surface area contributed by atoms with Crippen LogP contribution in [0.4, 0.5) is 5.13 Å². The zero-order valence-electron chi connectivity index (χ0n) is 12.3. The molecule has 1 saturated heterocycles. The van der Waals surface area contributed by atoms with Gasteiger partial charge in [0.05, 0.1) is 6.10 Å². The summed E-state index contributed by atoms with van der Waals surface area (Å²) in [7, 11) is 0. The van der Waals surface area contributed by atoms with Gasteiger partial charge < -0.3 is 15.3 Å². The largest absolute Gasteiger partial charge is 0.387 e. The fourth-order valence-corrected chi connectivity index (χ4v) is 3.74. The van der Waals surface area contributed by atoms with Gasteiger partial charge in [-0.3, -0.25) is 0 Å². The molecule has 1 aromatic carbocycles. The van der Waals surface area contributed by atoms with Crippen LogP contribution in [0.15, 0.2) is 35.8 Å². The highest BCUT2D eigenvalue weighted by Gasteiger charge is 2.21. The lowest BCUT2D eigenvalue weighted by molar-refractivity contribution is 0.167. The smallest absolute Gasteiger partial charge is 0.185 e. The number of piperidine rings is 1. The number of rotatable bonds is 5. The SMILES string of the molecule is OC(CNC1CCN(c2nccs2)CC1)c1ccccc1Cl. The van der Waals surface area contributed by atoms with Gasteiger partial charge in [-0.1, -0.05) is 29.8 Å². The molecule has 2 heterocycles. The lowest BCUT2D eigenvalue weighted by Gasteiger charge is -2.32. The Balaban J connectivity index is 1.46. The van der Waals surface area contributed by atoms with Gasteiger partial charge in [0.25, 0.3) is 0 Å². The van der Waals surface area contributed by atoms with Gasteiger partial charge >= 0.3 is 0 Å². The number of hydrogen-bond acceptors (Lipinski definition) is 5. The van der Waals surface area contributed by atoms with Crippen molar-refractivity contribution in [3.8, 4) is 0 Å². The van der Waals surface area contributed by atoms with E-state index in [-0.39, 0.29) is 0 Å². The first-order valence-electron chi connectivity index (χ1n) is 7.54. The highest BCUT2D eigenvalue weighted by molar-refractivity contribution is 7.13. The fourth-order valence-electron chi connectivity index (χ4n) is 2.78. The Hall–Kier alpha value is -1.14. The quantitative estimate of drug-likeness (QED) is 0.880. The molecule has 4 nitrogen and oxygen atoms in total. The molecule has 0 radical (unpaired) electrons. The number of benzene rings is 1. The molecule has 0 aliphatic carbocycles. The molecule has 22 heavy (non-hydrogen) atoms. The number of hydrogen-bond donors (Lipinski definition) is 2. The van der Waals surface area contributed by atoms with E-state index in [2.05, 4.69) is 15.2 Å². The van der Waals surface area contributed by atoms with Crippen molar-refractivity contribution in [2.75, 3.05) is 24.5 Å². The van der Waals surface area contributed by atoms with Gasteiger partial charge in [0, 0.05) is 47.8 Å². The van der Waals surface area contributed by atoms with E-state index in [0.29, 0.717) is 17.6 Å².